The molecular weight excluding hydrogens is 640 g/mol. The summed E-state index contributed by atoms with van der Waals surface area (Å²) >= 11 is 0. The van der Waals surface area contributed by atoms with Gasteiger partial charge >= 0.3 is 6.18 Å². The summed E-state index contributed by atoms with van der Waals surface area (Å²) in [6.07, 6.45) is -7.93. The molecule has 1 aliphatic carbocycles. The number of nitrogens with zero attached hydrogens (tertiary/aromatic N) is 4. The lowest BCUT2D eigenvalue weighted by molar-refractivity contribution is -0.140. The van der Waals surface area contributed by atoms with Crippen LogP contribution in [0.5, 0.6) is 0 Å². The third kappa shape index (κ3) is 6.41. The Labute approximate surface area is 254 Å². The molecule has 0 bridgehead atoms. The number of aliphatic hydroxyl groups is 3. The third-order valence-corrected chi connectivity index (χ3v) is 12.1. The molecule has 1 saturated heterocycles. The van der Waals surface area contributed by atoms with Gasteiger partial charge in [0, 0.05) is 42.7 Å². The normalized spacial score (nSPS) is 28.1. The van der Waals surface area contributed by atoms with E-state index in [1.807, 2.05) is 0 Å². The summed E-state index contributed by atoms with van der Waals surface area (Å²) in [4.78, 5) is 3.99. The van der Waals surface area contributed by atoms with Gasteiger partial charge in [-0.3, -0.25) is 4.98 Å². The summed E-state index contributed by atoms with van der Waals surface area (Å²) in [6.45, 7) is -0.771. The fraction of sp³-hybridized carbons (Fsp3) is 0.536. The number of halogens is 8. The van der Waals surface area contributed by atoms with Gasteiger partial charge in [0.2, 0.25) is 5.92 Å². The Morgan fingerprint density at radius 3 is 2.33 bits per heavy atom. The van der Waals surface area contributed by atoms with Crippen molar-refractivity contribution in [2.24, 2.45) is 0 Å². The van der Waals surface area contributed by atoms with Crippen molar-refractivity contribution < 1.29 is 55.2 Å². The Hall–Kier alpha value is -2.86. The molecular formula is C28H30F8N4O4S. The van der Waals surface area contributed by atoms with E-state index in [0.717, 1.165) is 23.0 Å². The number of hydrogen-bond donors (Lipinski definition) is 4. The molecule has 248 valence electrons. The van der Waals surface area contributed by atoms with Gasteiger partial charge in [0.05, 0.1) is 47.1 Å². The zero-order valence-electron chi connectivity index (χ0n) is 23.6. The van der Waals surface area contributed by atoms with Crippen LogP contribution in [0.4, 0.5) is 35.1 Å². The minimum Gasteiger partial charge on any atom is -0.395 e. The first kappa shape index (κ1) is 33.5. The Balaban J connectivity index is 1.56. The number of hydrogen-bond acceptors (Lipinski definition) is 7. The van der Waals surface area contributed by atoms with Gasteiger partial charge in [-0.15, -0.1) is 5.10 Å². The molecule has 6 atom stereocenters. The monoisotopic (exact) mass is 670 g/mol. The van der Waals surface area contributed by atoms with Crippen molar-refractivity contribution in [3.8, 4) is 11.3 Å². The minimum atomic E-state index is -4.92. The molecule has 3 aromatic rings. The first-order valence-corrected chi connectivity index (χ1v) is 15.5. The van der Waals surface area contributed by atoms with Crippen molar-refractivity contribution in [1.29, 1.82) is 0 Å². The van der Waals surface area contributed by atoms with Gasteiger partial charge in [-0.2, -0.15) is 13.2 Å². The second-order valence-electron chi connectivity index (χ2n) is 11.3. The third-order valence-electron chi connectivity index (χ3n) is 8.62. The van der Waals surface area contributed by atoms with E-state index in [2.05, 4.69) is 15.3 Å². The summed E-state index contributed by atoms with van der Waals surface area (Å²) in [5, 5.41) is 39.1. The number of pyridine rings is 1. The van der Waals surface area contributed by atoms with Crippen LogP contribution in [0, 0.1) is 17.5 Å². The Morgan fingerprint density at radius 1 is 1.11 bits per heavy atom. The van der Waals surface area contributed by atoms with E-state index >= 15 is 0 Å². The van der Waals surface area contributed by atoms with Gasteiger partial charge in [0.1, 0.15) is 11.7 Å². The van der Waals surface area contributed by atoms with Crippen LogP contribution in [-0.2, 0) is 10.9 Å². The maximum atomic E-state index is 14.2. The summed E-state index contributed by atoms with van der Waals surface area (Å²) < 4.78 is 119. The Morgan fingerprint density at radius 2 is 1.76 bits per heavy atom. The smallest absolute Gasteiger partial charge is 0.395 e. The highest BCUT2D eigenvalue weighted by atomic mass is 32.2. The fourth-order valence-corrected chi connectivity index (χ4v) is 10.1. The molecule has 2 fully saturated rings. The van der Waals surface area contributed by atoms with Crippen LogP contribution >= 0.6 is 10.9 Å². The molecule has 5 rings (SSSR count). The Bertz CT molecular complexity index is 1490. The molecule has 8 nitrogen and oxygen atoms in total. The second-order valence-corrected chi connectivity index (χ2v) is 13.9. The quantitative estimate of drug-likeness (QED) is 0.163. The van der Waals surface area contributed by atoms with Gasteiger partial charge < -0.3 is 20.1 Å². The molecule has 1 saturated carbocycles. The van der Waals surface area contributed by atoms with E-state index in [0.29, 0.717) is 12.1 Å². The molecule has 1 unspecified atom stereocenters. The van der Waals surface area contributed by atoms with Crippen molar-refractivity contribution in [2.75, 3.05) is 19.5 Å². The Kier molecular flexibility index (Phi) is 9.22. The number of thiol groups is 1. The molecule has 0 spiro atoms. The number of aromatic nitrogens is 4. The standard InChI is InChI=1S/C28H30F8N4O4S/c1-44-19-13-45(25(26(43)4-6-27(32,33)7-5-26)22-15(28(34,35)36)3-2-8-37-22)20(12-41)24(42)23(19)40-11-18(38-39-40)14-9-16(29)21(31)17(30)10-14/h2-3,8-11,19-20,23-25,41-43,45H,4-7,12-13H2,1H3/t19-,20+,23+,24-,25+/m0/s1. The van der Waals surface area contributed by atoms with Gasteiger partial charge in [-0.25, -0.2) is 37.5 Å². The lowest BCUT2D eigenvalue weighted by atomic mass is 9.79. The summed E-state index contributed by atoms with van der Waals surface area (Å²) in [7, 11) is -0.820. The highest BCUT2D eigenvalue weighted by Gasteiger charge is 2.56. The van der Waals surface area contributed by atoms with E-state index in [1.165, 1.54) is 13.3 Å². The van der Waals surface area contributed by atoms with Crippen LogP contribution in [0.3, 0.4) is 0 Å². The maximum Gasteiger partial charge on any atom is 0.418 e. The number of aliphatic hydroxyl groups excluding tert-OH is 2. The van der Waals surface area contributed by atoms with Crippen molar-refractivity contribution in [3.63, 3.8) is 0 Å². The number of alkyl halides is 5. The molecule has 3 N–H and O–H groups in total. The van der Waals surface area contributed by atoms with E-state index in [4.69, 9.17) is 4.74 Å². The molecule has 0 radical (unpaired) electrons. The number of benzene rings is 1. The van der Waals surface area contributed by atoms with Gasteiger partial charge in [0.15, 0.2) is 17.5 Å². The lowest BCUT2D eigenvalue weighted by Gasteiger charge is -2.53. The number of ether oxygens (including phenoxy) is 1. The number of rotatable bonds is 7. The minimum absolute atomic E-state index is 0.109. The zero-order chi connectivity index (χ0) is 32.9. The average molecular weight is 671 g/mol. The summed E-state index contributed by atoms with van der Waals surface area (Å²) in [5.41, 5.74) is -4.13. The van der Waals surface area contributed by atoms with Crippen molar-refractivity contribution in [1.82, 2.24) is 20.0 Å². The first-order chi connectivity index (χ1) is 21.1. The molecule has 2 aliphatic rings. The summed E-state index contributed by atoms with van der Waals surface area (Å²) in [5.74, 6) is -7.91. The number of methoxy groups -OCH3 is 1. The highest BCUT2D eigenvalue weighted by Crippen LogP contribution is 2.62. The largest absolute Gasteiger partial charge is 0.418 e. The van der Waals surface area contributed by atoms with Crippen molar-refractivity contribution >= 4 is 10.9 Å². The van der Waals surface area contributed by atoms with Gasteiger partial charge in [-0.1, -0.05) is 5.21 Å². The van der Waals surface area contributed by atoms with Crippen molar-refractivity contribution in [2.45, 2.75) is 72.1 Å². The van der Waals surface area contributed by atoms with Crippen LogP contribution in [0.25, 0.3) is 11.3 Å². The topological polar surface area (TPSA) is 114 Å². The van der Waals surface area contributed by atoms with Crippen molar-refractivity contribution in [3.05, 3.63) is 65.4 Å². The molecule has 17 heteroatoms. The van der Waals surface area contributed by atoms with E-state index in [-0.39, 0.29) is 17.0 Å². The van der Waals surface area contributed by atoms with Gasteiger partial charge in [-0.05, 0) is 37.1 Å². The SMILES string of the molecule is CO[C@H]1C[SH]([C@H](c2ncccc2C(F)(F)F)C2(O)CCC(F)(F)CC2)[C@H](CO)[C@H](O)[C@@H]1n1cc(-c2cc(F)c(F)c(F)c2)nn1. The van der Waals surface area contributed by atoms with Crippen LogP contribution in [0.15, 0.2) is 36.7 Å². The molecule has 3 heterocycles. The predicted octanol–water partition coefficient (Wildman–Crippen LogP) is 4.75. The first-order valence-electron chi connectivity index (χ1n) is 13.9. The zero-order valence-corrected chi connectivity index (χ0v) is 24.5. The molecule has 45 heavy (non-hydrogen) atoms. The van der Waals surface area contributed by atoms with E-state index in [9.17, 15) is 50.4 Å². The van der Waals surface area contributed by atoms with Crippen LogP contribution < -0.4 is 0 Å². The van der Waals surface area contributed by atoms with Gasteiger partial charge in [0.25, 0.3) is 0 Å². The van der Waals surface area contributed by atoms with E-state index < -0.39 is 118 Å². The molecule has 1 aliphatic heterocycles. The maximum absolute atomic E-state index is 14.2. The molecule has 2 aromatic heterocycles. The lowest BCUT2D eigenvalue weighted by Crippen LogP contribution is -2.54. The van der Waals surface area contributed by atoms with Crippen LogP contribution in [0.1, 0.15) is 48.2 Å². The fourth-order valence-electron chi connectivity index (χ4n) is 6.32. The average Bonchev–Trinajstić information content (AvgIpc) is 3.47. The van der Waals surface area contributed by atoms with Crippen LogP contribution in [-0.4, -0.2) is 83.7 Å². The predicted molar refractivity (Wildman–Crippen MR) is 146 cm³/mol. The van der Waals surface area contributed by atoms with E-state index in [1.54, 1.807) is 0 Å². The summed E-state index contributed by atoms with van der Waals surface area (Å²) in [6, 6.07) is 2.08. The molecule has 1 aromatic carbocycles. The highest BCUT2D eigenvalue weighted by molar-refractivity contribution is 8.18. The second kappa shape index (κ2) is 12.4. The van der Waals surface area contributed by atoms with Crippen LogP contribution in [0.2, 0.25) is 0 Å². The molecule has 0 amide bonds.